The number of methoxy groups -OCH3 is 1. The standard InChI is InChI=1S/C25H27N3O3/c1-15-12-17(3)27-23-21(15)13-18(14-22(23)31-4)26-16(2)8-7-11-28-24(29)19-9-5-6-10-20(19)25(28)30/h5-6,9-10,12-14,16,26H,7-8,11H2,1-4H3. The topological polar surface area (TPSA) is 71.5 Å². The summed E-state index contributed by atoms with van der Waals surface area (Å²) in [6.07, 6.45) is 1.54. The van der Waals surface area contributed by atoms with E-state index in [1.165, 1.54) is 4.90 Å². The average molecular weight is 418 g/mol. The Morgan fingerprint density at radius 2 is 1.74 bits per heavy atom. The van der Waals surface area contributed by atoms with E-state index in [0.717, 1.165) is 46.4 Å². The summed E-state index contributed by atoms with van der Waals surface area (Å²) in [4.78, 5) is 31.0. The monoisotopic (exact) mass is 417 g/mol. The van der Waals surface area contributed by atoms with Gasteiger partial charge >= 0.3 is 0 Å². The number of carbonyl (C=O) groups is 2. The van der Waals surface area contributed by atoms with Crippen molar-refractivity contribution in [3.05, 3.63) is 64.8 Å². The van der Waals surface area contributed by atoms with Gasteiger partial charge in [0, 0.05) is 35.4 Å². The molecule has 2 amide bonds. The first-order valence-corrected chi connectivity index (χ1v) is 10.6. The van der Waals surface area contributed by atoms with Crippen LogP contribution >= 0.6 is 0 Å². The SMILES string of the molecule is COc1cc(NC(C)CCCN2C(=O)c3ccccc3C2=O)cc2c(C)cc(C)nc12. The van der Waals surface area contributed by atoms with Crippen molar-refractivity contribution in [1.29, 1.82) is 0 Å². The minimum Gasteiger partial charge on any atom is -0.494 e. The maximum atomic E-state index is 12.5. The summed E-state index contributed by atoms with van der Waals surface area (Å²) in [6, 6.07) is 13.3. The molecule has 0 aliphatic carbocycles. The summed E-state index contributed by atoms with van der Waals surface area (Å²) in [6.45, 7) is 6.57. The lowest BCUT2D eigenvalue weighted by Crippen LogP contribution is -2.31. The number of benzene rings is 2. The van der Waals surface area contributed by atoms with Crippen LogP contribution in [-0.4, -0.2) is 41.4 Å². The molecule has 2 heterocycles. The van der Waals surface area contributed by atoms with Crippen LogP contribution < -0.4 is 10.1 Å². The fourth-order valence-electron chi connectivity index (χ4n) is 4.22. The molecule has 0 saturated heterocycles. The maximum Gasteiger partial charge on any atom is 0.261 e. The summed E-state index contributed by atoms with van der Waals surface area (Å²) in [5.74, 6) is 0.350. The predicted molar refractivity (Wildman–Crippen MR) is 122 cm³/mol. The number of aryl methyl sites for hydroxylation is 2. The summed E-state index contributed by atoms with van der Waals surface area (Å²) < 4.78 is 5.58. The van der Waals surface area contributed by atoms with Crippen molar-refractivity contribution in [1.82, 2.24) is 9.88 Å². The fourth-order valence-corrected chi connectivity index (χ4v) is 4.22. The molecular formula is C25H27N3O3. The molecule has 6 nitrogen and oxygen atoms in total. The number of aromatic nitrogens is 1. The Morgan fingerprint density at radius 3 is 2.39 bits per heavy atom. The minimum absolute atomic E-state index is 0.163. The van der Waals surface area contributed by atoms with Crippen molar-refractivity contribution in [2.45, 2.75) is 39.7 Å². The fraction of sp³-hybridized carbons (Fsp3) is 0.320. The van der Waals surface area contributed by atoms with E-state index in [4.69, 9.17) is 4.74 Å². The Labute approximate surface area is 182 Å². The molecule has 0 spiro atoms. The number of pyridine rings is 1. The van der Waals surface area contributed by atoms with Gasteiger partial charge in [0.05, 0.1) is 18.2 Å². The smallest absolute Gasteiger partial charge is 0.261 e. The van der Waals surface area contributed by atoms with Gasteiger partial charge < -0.3 is 10.1 Å². The summed E-state index contributed by atoms with van der Waals surface area (Å²) in [5.41, 5.74) is 4.95. The number of rotatable bonds is 7. The number of amides is 2. The zero-order valence-corrected chi connectivity index (χ0v) is 18.4. The normalized spacial score (nSPS) is 14.1. The maximum absolute atomic E-state index is 12.5. The van der Waals surface area contributed by atoms with Gasteiger partial charge in [-0.2, -0.15) is 0 Å². The van der Waals surface area contributed by atoms with Gasteiger partial charge in [-0.25, -0.2) is 4.98 Å². The first kappa shape index (κ1) is 20.8. The van der Waals surface area contributed by atoms with Crippen LogP contribution in [0.15, 0.2) is 42.5 Å². The largest absolute Gasteiger partial charge is 0.494 e. The molecule has 160 valence electrons. The zero-order chi connectivity index (χ0) is 22.1. The van der Waals surface area contributed by atoms with E-state index in [-0.39, 0.29) is 17.9 Å². The Bertz CT molecular complexity index is 1140. The molecule has 0 fully saturated rings. The van der Waals surface area contributed by atoms with Gasteiger partial charge in [0.25, 0.3) is 11.8 Å². The molecule has 4 rings (SSSR count). The van der Waals surface area contributed by atoms with E-state index in [2.05, 4.69) is 36.3 Å². The Kier molecular flexibility index (Phi) is 5.63. The van der Waals surface area contributed by atoms with Gasteiger partial charge in [0.15, 0.2) is 0 Å². The summed E-state index contributed by atoms with van der Waals surface area (Å²) >= 11 is 0. The van der Waals surface area contributed by atoms with Crippen LogP contribution in [0, 0.1) is 13.8 Å². The quantitative estimate of drug-likeness (QED) is 0.563. The van der Waals surface area contributed by atoms with Crippen molar-refractivity contribution in [2.75, 3.05) is 19.0 Å². The highest BCUT2D eigenvalue weighted by Crippen LogP contribution is 2.31. The van der Waals surface area contributed by atoms with Crippen molar-refractivity contribution in [3.63, 3.8) is 0 Å². The van der Waals surface area contributed by atoms with Crippen molar-refractivity contribution >= 4 is 28.4 Å². The third-order valence-electron chi connectivity index (χ3n) is 5.74. The molecule has 0 saturated carbocycles. The first-order valence-electron chi connectivity index (χ1n) is 10.6. The molecule has 1 atom stereocenters. The molecule has 2 aromatic carbocycles. The Balaban J connectivity index is 1.41. The summed E-state index contributed by atoms with van der Waals surface area (Å²) in [5, 5.41) is 4.58. The second-order valence-corrected chi connectivity index (χ2v) is 8.15. The van der Waals surface area contributed by atoms with E-state index < -0.39 is 0 Å². The van der Waals surface area contributed by atoms with Gasteiger partial charge in [-0.05, 0) is 63.4 Å². The molecule has 0 radical (unpaired) electrons. The van der Waals surface area contributed by atoms with Crippen molar-refractivity contribution < 1.29 is 14.3 Å². The molecule has 1 aromatic heterocycles. The molecule has 1 N–H and O–H groups in total. The van der Waals surface area contributed by atoms with E-state index in [9.17, 15) is 9.59 Å². The lowest BCUT2D eigenvalue weighted by molar-refractivity contribution is 0.0651. The highest BCUT2D eigenvalue weighted by Gasteiger charge is 2.34. The molecule has 31 heavy (non-hydrogen) atoms. The number of nitrogens with zero attached hydrogens (tertiary/aromatic N) is 2. The predicted octanol–water partition coefficient (Wildman–Crippen LogP) is 4.74. The molecule has 3 aromatic rings. The van der Waals surface area contributed by atoms with Crippen LogP contribution in [0.5, 0.6) is 5.75 Å². The molecule has 1 aliphatic rings. The van der Waals surface area contributed by atoms with Crippen LogP contribution in [0.4, 0.5) is 5.69 Å². The van der Waals surface area contributed by atoms with Crippen LogP contribution in [0.3, 0.4) is 0 Å². The molecule has 1 unspecified atom stereocenters. The highest BCUT2D eigenvalue weighted by molar-refractivity contribution is 6.21. The van der Waals surface area contributed by atoms with Crippen LogP contribution in [0.2, 0.25) is 0 Å². The number of ether oxygens (including phenoxy) is 1. The van der Waals surface area contributed by atoms with Gasteiger partial charge in [0.1, 0.15) is 11.3 Å². The number of imide groups is 1. The second-order valence-electron chi connectivity index (χ2n) is 8.15. The van der Waals surface area contributed by atoms with Gasteiger partial charge in [-0.15, -0.1) is 0 Å². The molecular weight excluding hydrogens is 390 g/mol. The third kappa shape index (κ3) is 3.98. The van der Waals surface area contributed by atoms with E-state index in [1.54, 1.807) is 31.4 Å². The number of fused-ring (bicyclic) bond motifs is 2. The number of hydrogen-bond acceptors (Lipinski definition) is 5. The molecule has 1 aliphatic heterocycles. The van der Waals surface area contributed by atoms with E-state index >= 15 is 0 Å². The first-order chi connectivity index (χ1) is 14.9. The number of anilines is 1. The summed E-state index contributed by atoms with van der Waals surface area (Å²) in [7, 11) is 1.66. The van der Waals surface area contributed by atoms with Crippen LogP contribution in [0.1, 0.15) is 51.7 Å². The number of carbonyl (C=O) groups excluding carboxylic acids is 2. The van der Waals surface area contributed by atoms with Crippen LogP contribution in [-0.2, 0) is 0 Å². The van der Waals surface area contributed by atoms with Crippen LogP contribution in [0.25, 0.3) is 10.9 Å². The average Bonchev–Trinajstić information content (AvgIpc) is 2.99. The van der Waals surface area contributed by atoms with Crippen molar-refractivity contribution in [3.8, 4) is 5.75 Å². The van der Waals surface area contributed by atoms with E-state index in [0.29, 0.717) is 17.7 Å². The molecule has 0 bridgehead atoms. The van der Waals surface area contributed by atoms with Gasteiger partial charge in [0.2, 0.25) is 0 Å². The molecule has 6 heteroatoms. The zero-order valence-electron chi connectivity index (χ0n) is 18.4. The van der Waals surface area contributed by atoms with Crippen molar-refractivity contribution in [2.24, 2.45) is 0 Å². The number of nitrogens with one attached hydrogen (secondary N) is 1. The second kappa shape index (κ2) is 8.38. The van der Waals surface area contributed by atoms with Gasteiger partial charge in [-0.3, -0.25) is 14.5 Å². The van der Waals surface area contributed by atoms with E-state index in [1.807, 2.05) is 13.0 Å². The highest BCUT2D eigenvalue weighted by atomic mass is 16.5. The lowest BCUT2D eigenvalue weighted by Gasteiger charge is -2.19. The Hall–Kier alpha value is -3.41. The lowest BCUT2D eigenvalue weighted by atomic mass is 10.1. The minimum atomic E-state index is -0.196. The van der Waals surface area contributed by atoms with Gasteiger partial charge in [-0.1, -0.05) is 12.1 Å². The Morgan fingerprint density at radius 1 is 1.06 bits per heavy atom. The third-order valence-corrected chi connectivity index (χ3v) is 5.74. The number of hydrogen-bond donors (Lipinski definition) is 1.